The zero-order valence-electron chi connectivity index (χ0n) is 12.3. The summed E-state index contributed by atoms with van der Waals surface area (Å²) >= 11 is 0. The maximum absolute atomic E-state index is 13.8. The quantitative estimate of drug-likeness (QED) is 0.499. The number of rotatable bonds is 5. The Kier molecular flexibility index (Phi) is 5.20. The number of halogens is 4. The zero-order valence-corrected chi connectivity index (χ0v) is 12.3. The maximum atomic E-state index is 13.8. The van der Waals surface area contributed by atoms with Gasteiger partial charge in [0.2, 0.25) is 0 Å². The summed E-state index contributed by atoms with van der Waals surface area (Å²) in [6, 6.07) is 7.84. The van der Waals surface area contributed by atoms with Gasteiger partial charge in [-0.25, -0.2) is 4.39 Å². The van der Waals surface area contributed by atoms with Crippen molar-refractivity contribution in [2.24, 2.45) is 0 Å². The van der Waals surface area contributed by atoms with Gasteiger partial charge in [0.15, 0.2) is 12.2 Å². The van der Waals surface area contributed by atoms with Crippen molar-refractivity contribution in [2.75, 3.05) is 11.9 Å². The van der Waals surface area contributed by atoms with Crippen LogP contribution in [0.4, 0.5) is 28.9 Å². The van der Waals surface area contributed by atoms with Crippen molar-refractivity contribution in [2.45, 2.75) is 6.18 Å². The first-order chi connectivity index (χ1) is 11.7. The van der Waals surface area contributed by atoms with Gasteiger partial charge >= 0.3 is 6.18 Å². The van der Waals surface area contributed by atoms with Gasteiger partial charge in [0.1, 0.15) is 11.6 Å². The lowest BCUT2D eigenvalue weighted by molar-refractivity contribution is -0.385. The maximum Gasteiger partial charge on any atom is 0.422 e. The van der Waals surface area contributed by atoms with Crippen molar-refractivity contribution in [3.8, 4) is 5.75 Å². The molecule has 25 heavy (non-hydrogen) atoms. The first kappa shape index (κ1) is 18.2. The Balaban J connectivity index is 2.21. The minimum Gasteiger partial charge on any atom is -0.484 e. The molecule has 0 aliphatic carbocycles. The van der Waals surface area contributed by atoms with Crippen molar-refractivity contribution in [3.63, 3.8) is 0 Å². The van der Waals surface area contributed by atoms with E-state index >= 15 is 0 Å². The molecule has 2 rings (SSSR count). The van der Waals surface area contributed by atoms with E-state index in [1.54, 1.807) is 0 Å². The molecule has 0 aliphatic rings. The fourth-order valence-corrected chi connectivity index (χ4v) is 1.91. The summed E-state index contributed by atoms with van der Waals surface area (Å²) in [5.74, 6) is -2.40. The largest absolute Gasteiger partial charge is 0.484 e. The molecule has 0 unspecified atom stereocenters. The van der Waals surface area contributed by atoms with Crippen molar-refractivity contribution in [1.82, 2.24) is 0 Å². The second-order valence-corrected chi connectivity index (χ2v) is 4.78. The monoisotopic (exact) mass is 358 g/mol. The first-order valence-electron chi connectivity index (χ1n) is 6.71. The molecule has 2 aromatic carbocycles. The lowest BCUT2D eigenvalue weighted by atomic mass is 10.1. The third kappa shape index (κ3) is 4.90. The molecule has 1 amide bonds. The minimum absolute atomic E-state index is 0.0118. The Morgan fingerprint density at radius 2 is 1.88 bits per heavy atom. The van der Waals surface area contributed by atoms with Crippen molar-refractivity contribution < 1.29 is 32.0 Å². The van der Waals surface area contributed by atoms with Crippen molar-refractivity contribution in [3.05, 3.63) is 64.0 Å². The van der Waals surface area contributed by atoms with Crippen LogP contribution in [-0.4, -0.2) is 23.6 Å². The summed E-state index contributed by atoms with van der Waals surface area (Å²) in [7, 11) is 0. The first-order valence-corrected chi connectivity index (χ1v) is 6.71. The standard InChI is InChI=1S/C15H10F4N2O4/c16-11-5-2-6-12(21(23)24)13(11)14(22)20-9-3-1-4-10(7-9)25-8-15(17,18)19/h1-7H,8H2,(H,20,22). The summed E-state index contributed by atoms with van der Waals surface area (Å²) in [6.45, 7) is -1.52. The number of carbonyl (C=O) groups is 1. The molecule has 0 bridgehead atoms. The molecule has 0 saturated carbocycles. The molecular weight excluding hydrogens is 348 g/mol. The smallest absolute Gasteiger partial charge is 0.422 e. The van der Waals surface area contributed by atoms with E-state index in [4.69, 9.17) is 0 Å². The summed E-state index contributed by atoms with van der Waals surface area (Å²) in [6.07, 6.45) is -4.53. The number of carbonyl (C=O) groups excluding carboxylic acids is 1. The Morgan fingerprint density at radius 1 is 1.20 bits per heavy atom. The van der Waals surface area contributed by atoms with Gasteiger partial charge in [0.05, 0.1) is 4.92 Å². The van der Waals surface area contributed by atoms with E-state index in [1.165, 1.54) is 18.2 Å². The predicted molar refractivity (Wildman–Crippen MR) is 79.0 cm³/mol. The van der Waals surface area contributed by atoms with Gasteiger partial charge in [-0.1, -0.05) is 12.1 Å². The topological polar surface area (TPSA) is 81.5 Å². The van der Waals surface area contributed by atoms with Crippen LogP contribution in [0.2, 0.25) is 0 Å². The van der Waals surface area contributed by atoms with E-state index in [9.17, 15) is 32.5 Å². The Hall–Kier alpha value is -3.17. The van der Waals surface area contributed by atoms with E-state index in [1.807, 2.05) is 0 Å². The number of nitro groups is 1. The van der Waals surface area contributed by atoms with Crippen molar-refractivity contribution >= 4 is 17.3 Å². The number of hydrogen-bond acceptors (Lipinski definition) is 4. The number of alkyl halides is 3. The van der Waals surface area contributed by atoms with Crippen molar-refractivity contribution in [1.29, 1.82) is 0 Å². The number of benzene rings is 2. The molecule has 0 aliphatic heterocycles. The molecule has 132 valence electrons. The normalized spacial score (nSPS) is 11.0. The Morgan fingerprint density at radius 3 is 2.52 bits per heavy atom. The van der Waals surface area contributed by atoms with Crippen LogP contribution < -0.4 is 10.1 Å². The fraction of sp³-hybridized carbons (Fsp3) is 0.133. The highest BCUT2D eigenvalue weighted by Crippen LogP contribution is 2.25. The van der Waals surface area contributed by atoms with E-state index in [0.717, 1.165) is 24.3 Å². The number of nitrogens with one attached hydrogen (secondary N) is 1. The summed E-state index contributed by atoms with van der Waals surface area (Å²) in [5, 5.41) is 13.1. The van der Waals surface area contributed by atoms with Gasteiger partial charge in [0.25, 0.3) is 11.6 Å². The van der Waals surface area contributed by atoms with E-state index in [0.29, 0.717) is 0 Å². The number of anilines is 1. The predicted octanol–water partition coefficient (Wildman–Crippen LogP) is 3.93. The second kappa shape index (κ2) is 7.16. The van der Waals surface area contributed by atoms with Crippen LogP contribution in [-0.2, 0) is 0 Å². The van der Waals surface area contributed by atoms with Gasteiger partial charge in [-0.15, -0.1) is 0 Å². The zero-order chi connectivity index (χ0) is 18.6. The summed E-state index contributed by atoms with van der Waals surface area (Å²) in [4.78, 5) is 22.1. The average molecular weight is 358 g/mol. The molecule has 1 N–H and O–H groups in total. The highest BCUT2D eigenvalue weighted by atomic mass is 19.4. The Bertz CT molecular complexity index is 808. The van der Waals surface area contributed by atoms with Crippen LogP contribution in [0, 0.1) is 15.9 Å². The van der Waals surface area contributed by atoms with Gasteiger partial charge < -0.3 is 10.1 Å². The van der Waals surface area contributed by atoms with Crippen LogP contribution in [0.5, 0.6) is 5.75 Å². The van der Waals surface area contributed by atoms with E-state index < -0.39 is 40.7 Å². The van der Waals surface area contributed by atoms with Gasteiger partial charge in [-0.3, -0.25) is 14.9 Å². The molecule has 0 aromatic heterocycles. The van der Waals surface area contributed by atoms with Crippen LogP contribution in [0.15, 0.2) is 42.5 Å². The molecule has 6 nitrogen and oxygen atoms in total. The molecule has 0 heterocycles. The molecule has 10 heteroatoms. The third-order valence-corrected chi connectivity index (χ3v) is 2.91. The van der Waals surface area contributed by atoms with E-state index in [2.05, 4.69) is 10.1 Å². The molecule has 0 radical (unpaired) electrons. The molecule has 0 saturated heterocycles. The van der Waals surface area contributed by atoms with E-state index in [-0.39, 0.29) is 11.4 Å². The highest BCUT2D eigenvalue weighted by Gasteiger charge is 2.28. The molecule has 0 atom stereocenters. The SMILES string of the molecule is O=C(Nc1cccc(OCC(F)(F)F)c1)c1c(F)cccc1[N+](=O)[O-]. The number of nitrogens with zero attached hydrogens (tertiary/aromatic N) is 1. The minimum atomic E-state index is -4.53. The summed E-state index contributed by atoms with van der Waals surface area (Å²) in [5.41, 5.74) is -1.53. The molecular formula is C15H10F4N2O4. The average Bonchev–Trinajstić information content (AvgIpc) is 2.52. The number of nitro benzene ring substituents is 1. The van der Waals surface area contributed by atoms with Crippen LogP contribution in [0.3, 0.4) is 0 Å². The lowest BCUT2D eigenvalue weighted by Gasteiger charge is -2.11. The molecule has 0 spiro atoms. The second-order valence-electron chi connectivity index (χ2n) is 4.78. The van der Waals surface area contributed by atoms with Gasteiger partial charge in [-0.05, 0) is 18.2 Å². The molecule has 2 aromatic rings. The van der Waals surface area contributed by atoms with Gasteiger partial charge in [-0.2, -0.15) is 13.2 Å². The number of ether oxygens (including phenoxy) is 1. The van der Waals surface area contributed by atoms with Gasteiger partial charge in [0, 0.05) is 17.8 Å². The number of amides is 1. The number of hydrogen-bond donors (Lipinski definition) is 1. The van der Waals surface area contributed by atoms with Crippen LogP contribution in [0.25, 0.3) is 0 Å². The molecule has 0 fully saturated rings. The van der Waals surface area contributed by atoms with Crippen LogP contribution in [0.1, 0.15) is 10.4 Å². The third-order valence-electron chi connectivity index (χ3n) is 2.91. The lowest BCUT2D eigenvalue weighted by Crippen LogP contribution is -2.19. The highest BCUT2D eigenvalue weighted by molar-refractivity contribution is 6.07. The summed E-state index contributed by atoms with van der Waals surface area (Å²) < 4.78 is 54.7. The Labute approximate surface area is 138 Å². The fourth-order valence-electron chi connectivity index (χ4n) is 1.91. The van der Waals surface area contributed by atoms with Crippen LogP contribution >= 0.6 is 0 Å².